The highest BCUT2D eigenvalue weighted by molar-refractivity contribution is 5.96. The Hall–Kier alpha value is -1.35. The predicted molar refractivity (Wildman–Crippen MR) is 82.9 cm³/mol. The highest BCUT2D eigenvalue weighted by atomic mass is 16.1. The fourth-order valence-corrected chi connectivity index (χ4v) is 3.08. The number of rotatable bonds is 3. The van der Waals surface area contributed by atoms with Gasteiger partial charge >= 0.3 is 0 Å². The molecule has 1 aromatic carbocycles. The van der Waals surface area contributed by atoms with Crippen molar-refractivity contribution in [2.75, 3.05) is 6.54 Å². The molecule has 3 heteroatoms. The first-order valence-corrected chi connectivity index (χ1v) is 7.50. The van der Waals surface area contributed by atoms with E-state index in [0.717, 1.165) is 36.8 Å². The molecule has 1 fully saturated rings. The van der Waals surface area contributed by atoms with Crippen LogP contribution in [0.15, 0.2) is 24.3 Å². The van der Waals surface area contributed by atoms with E-state index in [1.807, 2.05) is 24.3 Å². The first-order chi connectivity index (χ1) is 9.38. The van der Waals surface area contributed by atoms with E-state index in [0.29, 0.717) is 6.54 Å². The molecule has 0 atom stereocenters. The van der Waals surface area contributed by atoms with Gasteiger partial charge in [0, 0.05) is 12.1 Å². The van der Waals surface area contributed by atoms with Gasteiger partial charge in [-0.1, -0.05) is 51.8 Å². The van der Waals surface area contributed by atoms with E-state index in [2.05, 4.69) is 26.1 Å². The SMILES string of the molecule is CC(C)(C)c1ccccc1C(=O)NC1(CN)CCCC1. The summed E-state index contributed by atoms with van der Waals surface area (Å²) in [6.45, 7) is 6.92. The fraction of sp³-hybridized carbons (Fsp3) is 0.588. The van der Waals surface area contributed by atoms with Crippen LogP contribution in [-0.2, 0) is 5.41 Å². The minimum atomic E-state index is -0.192. The van der Waals surface area contributed by atoms with Crippen LogP contribution in [0.5, 0.6) is 0 Å². The molecule has 0 aromatic heterocycles. The molecule has 0 radical (unpaired) electrons. The number of nitrogens with one attached hydrogen (secondary N) is 1. The van der Waals surface area contributed by atoms with Crippen LogP contribution in [0.3, 0.4) is 0 Å². The molecule has 0 spiro atoms. The van der Waals surface area contributed by atoms with E-state index < -0.39 is 0 Å². The van der Waals surface area contributed by atoms with E-state index in [9.17, 15) is 4.79 Å². The second-order valence-corrected chi connectivity index (χ2v) is 6.94. The lowest BCUT2D eigenvalue weighted by Crippen LogP contribution is -2.52. The summed E-state index contributed by atoms with van der Waals surface area (Å²) in [7, 11) is 0. The lowest BCUT2D eigenvalue weighted by atomic mass is 9.83. The summed E-state index contributed by atoms with van der Waals surface area (Å²) in [5.74, 6) is 0.0166. The molecule has 3 N–H and O–H groups in total. The largest absolute Gasteiger partial charge is 0.345 e. The number of hydrogen-bond acceptors (Lipinski definition) is 2. The number of hydrogen-bond donors (Lipinski definition) is 2. The highest BCUT2D eigenvalue weighted by Crippen LogP contribution is 2.30. The molecule has 20 heavy (non-hydrogen) atoms. The van der Waals surface area contributed by atoms with Crippen LogP contribution in [-0.4, -0.2) is 18.0 Å². The Kier molecular flexibility index (Phi) is 4.19. The molecule has 0 unspecified atom stereocenters. The normalized spacial score (nSPS) is 18.0. The van der Waals surface area contributed by atoms with Crippen LogP contribution in [0.25, 0.3) is 0 Å². The molecule has 110 valence electrons. The van der Waals surface area contributed by atoms with Crippen molar-refractivity contribution in [2.45, 2.75) is 57.4 Å². The molecule has 2 rings (SSSR count). The second-order valence-electron chi connectivity index (χ2n) is 6.94. The number of carbonyl (C=O) groups is 1. The summed E-state index contributed by atoms with van der Waals surface area (Å²) in [5.41, 5.74) is 7.53. The van der Waals surface area contributed by atoms with E-state index >= 15 is 0 Å². The lowest BCUT2D eigenvalue weighted by Gasteiger charge is -2.30. The quantitative estimate of drug-likeness (QED) is 0.890. The monoisotopic (exact) mass is 274 g/mol. The van der Waals surface area contributed by atoms with Gasteiger partial charge in [0.05, 0.1) is 5.54 Å². The van der Waals surface area contributed by atoms with Crippen LogP contribution in [0.4, 0.5) is 0 Å². The molecule has 1 saturated carbocycles. The Morgan fingerprint density at radius 1 is 1.25 bits per heavy atom. The molecule has 1 aliphatic rings. The van der Waals surface area contributed by atoms with Crippen molar-refractivity contribution in [3.8, 4) is 0 Å². The zero-order chi connectivity index (χ0) is 14.8. The first kappa shape index (κ1) is 15.0. The molecule has 1 aliphatic carbocycles. The maximum absolute atomic E-state index is 12.7. The zero-order valence-corrected chi connectivity index (χ0v) is 12.8. The third kappa shape index (κ3) is 3.04. The maximum atomic E-state index is 12.7. The predicted octanol–water partition coefficient (Wildman–Crippen LogP) is 2.99. The van der Waals surface area contributed by atoms with Crippen LogP contribution >= 0.6 is 0 Å². The average Bonchev–Trinajstić information content (AvgIpc) is 2.87. The average molecular weight is 274 g/mol. The van der Waals surface area contributed by atoms with Crippen molar-refractivity contribution in [3.63, 3.8) is 0 Å². The molecule has 0 aliphatic heterocycles. The van der Waals surface area contributed by atoms with Crippen LogP contribution in [0.1, 0.15) is 62.4 Å². The van der Waals surface area contributed by atoms with Crippen molar-refractivity contribution in [1.29, 1.82) is 0 Å². The van der Waals surface area contributed by atoms with Gasteiger partial charge in [0.2, 0.25) is 0 Å². The van der Waals surface area contributed by atoms with Crippen molar-refractivity contribution < 1.29 is 4.79 Å². The summed E-state index contributed by atoms with van der Waals surface area (Å²) in [5, 5.41) is 3.21. The van der Waals surface area contributed by atoms with E-state index in [-0.39, 0.29) is 16.9 Å². The summed E-state index contributed by atoms with van der Waals surface area (Å²) < 4.78 is 0. The summed E-state index contributed by atoms with van der Waals surface area (Å²) in [6, 6.07) is 7.87. The third-order valence-electron chi connectivity index (χ3n) is 4.31. The van der Waals surface area contributed by atoms with E-state index in [4.69, 9.17) is 5.73 Å². The van der Waals surface area contributed by atoms with Crippen LogP contribution in [0, 0.1) is 0 Å². The van der Waals surface area contributed by atoms with Gasteiger partial charge in [0.15, 0.2) is 0 Å². The standard InChI is InChI=1S/C17H26N2O/c1-16(2,3)14-9-5-4-8-13(14)15(20)19-17(12-18)10-6-7-11-17/h4-5,8-9H,6-7,10-12,18H2,1-3H3,(H,19,20). The summed E-state index contributed by atoms with van der Waals surface area (Å²) in [4.78, 5) is 12.7. The summed E-state index contributed by atoms with van der Waals surface area (Å²) in [6.07, 6.45) is 4.29. The van der Waals surface area contributed by atoms with Gasteiger partial charge in [-0.3, -0.25) is 4.79 Å². The molecule has 0 heterocycles. The Labute approximate surface area is 121 Å². The van der Waals surface area contributed by atoms with Crippen molar-refractivity contribution in [3.05, 3.63) is 35.4 Å². The Balaban J connectivity index is 2.26. The number of amides is 1. The van der Waals surface area contributed by atoms with Gasteiger partial charge in [-0.05, 0) is 29.9 Å². The first-order valence-electron chi connectivity index (χ1n) is 7.50. The van der Waals surface area contributed by atoms with Gasteiger partial charge in [-0.15, -0.1) is 0 Å². The minimum absolute atomic E-state index is 0.0166. The van der Waals surface area contributed by atoms with Gasteiger partial charge in [0.1, 0.15) is 0 Å². The van der Waals surface area contributed by atoms with Gasteiger partial charge in [-0.2, -0.15) is 0 Å². The molecule has 1 aromatic rings. The summed E-state index contributed by atoms with van der Waals surface area (Å²) >= 11 is 0. The number of benzene rings is 1. The van der Waals surface area contributed by atoms with Gasteiger partial charge < -0.3 is 11.1 Å². The van der Waals surface area contributed by atoms with Gasteiger partial charge in [0.25, 0.3) is 5.91 Å². The minimum Gasteiger partial charge on any atom is -0.345 e. The highest BCUT2D eigenvalue weighted by Gasteiger charge is 2.35. The Morgan fingerprint density at radius 3 is 2.40 bits per heavy atom. The molecule has 3 nitrogen and oxygen atoms in total. The zero-order valence-electron chi connectivity index (χ0n) is 12.8. The molecule has 0 saturated heterocycles. The van der Waals surface area contributed by atoms with Crippen molar-refractivity contribution >= 4 is 5.91 Å². The maximum Gasteiger partial charge on any atom is 0.252 e. The van der Waals surface area contributed by atoms with Crippen molar-refractivity contribution in [2.24, 2.45) is 5.73 Å². The molecule has 1 amide bonds. The molecule has 0 bridgehead atoms. The van der Waals surface area contributed by atoms with Crippen LogP contribution in [0.2, 0.25) is 0 Å². The smallest absolute Gasteiger partial charge is 0.252 e. The lowest BCUT2D eigenvalue weighted by molar-refractivity contribution is 0.0901. The van der Waals surface area contributed by atoms with Crippen molar-refractivity contribution in [1.82, 2.24) is 5.32 Å². The van der Waals surface area contributed by atoms with E-state index in [1.54, 1.807) is 0 Å². The molecular formula is C17H26N2O. The second kappa shape index (κ2) is 5.57. The van der Waals surface area contributed by atoms with Crippen LogP contribution < -0.4 is 11.1 Å². The van der Waals surface area contributed by atoms with E-state index in [1.165, 1.54) is 0 Å². The number of nitrogens with two attached hydrogens (primary N) is 1. The third-order valence-corrected chi connectivity index (χ3v) is 4.31. The Bertz CT molecular complexity index is 482. The fourth-order valence-electron chi connectivity index (χ4n) is 3.08. The van der Waals surface area contributed by atoms with Gasteiger partial charge in [-0.25, -0.2) is 0 Å². The topological polar surface area (TPSA) is 55.1 Å². The Morgan fingerprint density at radius 2 is 1.85 bits per heavy atom. The number of carbonyl (C=O) groups excluding carboxylic acids is 1. The molecular weight excluding hydrogens is 248 g/mol.